The summed E-state index contributed by atoms with van der Waals surface area (Å²) in [4.78, 5) is 4.71. The van der Waals surface area contributed by atoms with Crippen molar-refractivity contribution in [2.24, 2.45) is 4.99 Å². The van der Waals surface area contributed by atoms with Crippen LogP contribution in [0.3, 0.4) is 0 Å². The second kappa shape index (κ2) is 6.34. The lowest BCUT2D eigenvalue weighted by atomic mass is 9.98. The molecule has 0 saturated heterocycles. The highest BCUT2D eigenvalue weighted by atomic mass is 14.8. The third-order valence-electron chi connectivity index (χ3n) is 3.12. The Morgan fingerprint density at radius 3 is 2.28 bits per heavy atom. The lowest BCUT2D eigenvalue weighted by Gasteiger charge is -2.11. The lowest BCUT2D eigenvalue weighted by Crippen LogP contribution is -1.95. The molecule has 0 atom stereocenters. The van der Waals surface area contributed by atoms with Gasteiger partial charge in [0.2, 0.25) is 0 Å². The van der Waals surface area contributed by atoms with E-state index in [0.717, 1.165) is 23.4 Å². The van der Waals surface area contributed by atoms with Crippen LogP contribution < -0.4 is 0 Å². The van der Waals surface area contributed by atoms with Crippen molar-refractivity contribution in [2.75, 3.05) is 0 Å². The van der Waals surface area contributed by atoms with E-state index in [4.69, 9.17) is 4.99 Å². The SMILES string of the molecule is C=C(C)/C(N=C(C)CC)=C(/C)c1ccccc1C. The summed E-state index contributed by atoms with van der Waals surface area (Å²) in [7, 11) is 0. The van der Waals surface area contributed by atoms with Crippen molar-refractivity contribution in [1.29, 1.82) is 0 Å². The minimum Gasteiger partial charge on any atom is -0.258 e. The normalized spacial score (nSPS) is 13.3. The molecule has 0 bridgehead atoms. The summed E-state index contributed by atoms with van der Waals surface area (Å²) in [6.07, 6.45) is 0.970. The number of hydrogen-bond donors (Lipinski definition) is 0. The van der Waals surface area contributed by atoms with E-state index in [0.29, 0.717) is 0 Å². The Kier molecular flexibility index (Phi) is 5.08. The summed E-state index contributed by atoms with van der Waals surface area (Å²) in [5.74, 6) is 0. The quantitative estimate of drug-likeness (QED) is 0.509. The maximum absolute atomic E-state index is 4.71. The number of aliphatic imine (C=N–C) groups is 1. The van der Waals surface area contributed by atoms with Crippen LogP contribution in [-0.2, 0) is 0 Å². The predicted molar refractivity (Wildman–Crippen MR) is 82.0 cm³/mol. The highest BCUT2D eigenvalue weighted by molar-refractivity contribution is 5.85. The second-order valence-corrected chi connectivity index (χ2v) is 4.77. The number of hydrogen-bond acceptors (Lipinski definition) is 1. The molecule has 0 aliphatic heterocycles. The van der Waals surface area contributed by atoms with Gasteiger partial charge in [-0.3, -0.25) is 4.99 Å². The van der Waals surface area contributed by atoms with E-state index in [2.05, 4.69) is 58.5 Å². The fourth-order valence-electron chi connectivity index (χ4n) is 1.89. The monoisotopic (exact) mass is 241 g/mol. The molecule has 0 aliphatic rings. The first kappa shape index (κ1) is 14.4. The lowest BCUT2D eigenvalue weighted by molar-refractivity contribution is 1.20. The molecule has 1 aromatic rings. The largest absolute Gasteiger partial charge is 0.258 e. The summed E-state index contributed by atoms with van der Waals surface area (Å²) in [6.45, 7) is 14.5. The number of benzene rings is 1. The summed E-state index contributed by atoms with van der Waals surface area (Å²) in [5, 5.41) is 0. The zero-order valence-corrected chi connectivity index (χ0v) is 12.2. The Labute approximate surface area is 111 Å². The number of nitrogens with zero attached hydrogens (tertiary/aromatic N) is 1. The van der Waals surface area contributed by atoms with Crippen LogP contribution in [0.5, 0.6) is 0 Å². The van der Waals surface area contributed by atoms with Gasteiger partial charge in [0.15, 0.2) is 0 Å². The minimum absolute atomic E-state index is 0.970. The van der Waals surface area contributed by atoms with Gasteiger partial charge in [0.05, 0.1) is 5.70 Å². The van der Waals surface area contributed by atoms with Crippen LogP contribution in [0, 0.1) is 6.92 Å². The Hall–Kier alpha value is -1.63. The fraction of sp³-hybridized carbons (Fsp3) is 0.353. The third-order valence-corrected chi connectivity index (χ3v) is 3.12. The molecule has 0 fully saturated rings. The summed E-state index contributed by atoms with van der Waals surface area (Å²) < 4.78 is 0. The molecule has 0 unspecified atom stereocenters. The third kappa shape index (κ3) is 3.43. The van der Waals surface area contributed by atoms with Crippen LogP contribution in [0.25, 0.3) is 5.57 Å². The van der Waals surface area contributed by atoms with Gasteiger partial charge in [-0.2, -0.15) is 0 Å². The molecule has 0 heterocycles. The van der Waals surface area contributed by atoms with Crippen molar-refractivity contribution in [2.45, 2.75) is 41.0 Å². The molecule has 0 amide bonds. The molecule has 0 N–H and O–H groups in total. The minimum atomic E-state index is 0.970. The van der Waals surface area contributed by atoms with E-state index in [-0.39, 0.29) is 0 Å². The van der Waals surface area contributed by atoms with Gasteiger partial charge in [0, 0.05) is 5.71 Å². The van der Waals surface area contributed by atoms with E-state index in [9.17, 15) is 0 Å². The average Bonchev–Trinajstić information content (AvgIpc) is 2.35. The van der Waals surface area contributed by atoms with Gasteiger partial charge in [-0.1, -0.05) is 37.8 Å². The van der Waals surface area contributed by atoms with Crippen LogP contribution >= 0.6 is 0 Å². The zero-order chi connectivity index (χ0) is 13.7. The van der Waals surface area contributed by atoms with Crippen LogP contribution in [0.4, 0.5) is 0 Å². The van der Waals surface area contributed by atoms with E-state index < -0.39 is 0 Å². The van der Waals surface area contributed by atoms with Gasteiger partial charge in [0.1, 0.15) is 0 Å². The molecule has 1 rings (SSSR count). The zero-order valence-electron chi connectivity index (χ0n) is 12.2. The van der Waals surface area contributed by atoms with Crippen LogP contribution in [0.1, 0.15) is 45.2 Å². The molecular weight excluding hydrogens is 218 g/mol. The Balaban J connectivity index is 3.38. The van der Waals surface area contributed by atoms with Gasteiger partial charge in [-0.25, -0.2) is 0 Å². The molecule has 96 valence electrons. The number of aryl methyl sites for hydroxylation is 1. The Morgan fingerprint density at radius 1 is 1.17 bits per heavy atom. The van der Waals surface area contributed by atoms with Crippen molar-refractivity contribution in [3.8, 4) is 0 Å². The molecule has 18 heavy (non-hydrogen) atoms. The molecule has 0 radical (unpaired) electrons. The summed E-state index contributed by atoms with van der Waals surface area (Å²) >= 11 is 0. The Morgan fingerprint density at radius 2 is 1.78 bits per heavy atom. The first-order valence-corrected chi connectivity index (χ1v) is 6.44. The van der Waals surface area contributed by atoms with E-state index in [1.165, 1.54) is 16.7 Å². The van der Waals surface area contributed by atoms with Crippen molar-refractivity contribution < 1.29 is 0 Å². The average molecular weight is 241 g/mol. The second-order valence-electron chi connectivity index (χ2n) is 4.77. The Bertz CT molecular complexity index is 504. The molecule has 1 nitrogen and oxygen atoms in total. The van der Waals surface area contributed by atoms with Crippen molar-refractivity contribution >= 4 is 11.3 Å². The summed E-state index contributed by atoms with van der Waals surface area (Å²) in [6, 6.07) is 8.40. The molecule has 0 aliphatic carbocycles. The van der Waals surface area contributed by atoms with Gasteiger partial charge < -0.3 is 0 Å². The van der Waals surface area contributed by atoms with Crippen molar-refractivity contribution in [3.05, 3.63) is 53.2 Å². The van der Waals surface area contributed by atoms with Gasteiger partial charge >= 0.3 is 0 Å². The predicted octanol–water partition coefficient (Wildman–Crippen LogP) is 5.17. The molecule has 0 saturated carbocycles. The maximum atomic E-state index is 4.71. The smallest absolute Gasteiger partial charge is 0.0687 e. The fourth-order valence-corrected chi connectivity index (χ4v) is 1.89. The van der Waals surface area contributed by atoms with E-state index in [1.54, 1.807) is 0 Å². The van der Waals surface area contributed by atoms with Crippen molar-refractivity contribution in [1.82, 2.24) is 0 Å². The first-order valence-electron chi connectivity index (χ1n) is 6.44. The summed E-state index contributed by atoms with van der Waals surface area (Å²) in [5.41, 5.74) is 6.91. The topological polar surface area (TPSA) is 12.4 Å². The standard InChI is InChI=1S/C17H23N/c1-7-14(5)18-17(12(2)3)15(6)16-11-9-8-10-13(16)4/h8-11H,2,7H2,1,3-6H3/b17-15+,18-14?. The molecule has 1 heteroatoms. The van der Waals surface area contributed by atoms with Gasteiger partial charge in [-0.05, 0) is 56.4 Å². The maximum Gasteiger partial charge on any atom is 0.0687 e. The van der Waals surface area contributed by atoms with Crippen LogP contribution in [0.15, 0.2) is 47.1 Å². The van der Waals surface area contributed by atoms with Crippen LogP contribution in [-0.4, -0.2) is 5.71 Å². The van der Waals surface area contributed by atoms with E-state index >= 15 is 0 Å². The molecule has 0 spiro atoms. The molecular formula is C17H23N. The van der Waals surface area contributed by atoms with Gasteiger partial charge in [0.25, 0.3) is 0 Å². The van der Waals surface area contributed by atoms with Crippen LogP contribution in [0.2, 0.25) is 0 Å². The van der Waals surface area contributed by atoms with E-state index in [1.807, 2.05) is 6.92 Å². The van der Waals surface area contributed by atoms with Gasteiger partial charge in [-0.15, -0.1) is 0 Å². The molecule has 0 aromatic heterocycles. The highest BCUT2D eigenvalue weighted by Crippen LogP contribution is 2.26. The first-order chi connectivity index (χ1) is 8.47. The number of allylic oxidation sites excluding steroid dienone is 2. The van der Waals surface area contributed by atoms with Crippen molar-refractivity contribution in [3.63, 3.8) is 0 Å². The highest BCUT2D eigenvalue weighted by Gasteiger charge is 2.07. The number of rotatable bonds is 4. The molecule has 1 aromatic carbocycles.